The molecule has 0 fully saturated rings. The summed E-state index contributed by atoms with van der Waals surface area (Å²) in [6, 6.07) is 40.7. The van der Waals surface area contributed by atoms with Crippen LogP contribution in [0.4, 0.5) is 0 Å². The highest BCUT2D eigenvalue weighted by molar-refractivity contribution is 7.21. The molecule has 2 heterocycles. The zero-order chi connectivity index (χ0) is 30.2. The fraction of sp³-hybridized carbons (Fsp3) is 0.526. The zero-order valence-corrected chi connectivity index (χ0v) is 32.2. The number of hydrogen-bond acceptors (Lipinski definition) is 0. The van der Waals surface area contributed by atoms with Crippen LogP contribution in [-0.4, -0.2) is 32.3 Å². The molecule has 0 saturated heterocycles. The van der Waals surface area contributed by atoms with Gasteiger partial charge in [-0.1, -0.05) is 197 Å². The van der Waals surface area contributed by atoms with E-state index in [1.807, 2.05) is 20.7 Å². The number of fused-ring (bicyclic) bond motifs is 2. The van der Waals surface area contributed by atoms with Crippen LogP contribution >= 0.6 is 0 Å². The lowest BCUT2D eigenvalue weighted by Gasteiger charge is -2.42. The average Bonchev–Trinajstić information content (AvgIpc) is 3.41. The Morgan fingerprint density at radius 1 is 0.381 bits per heavy atom. The van der Waals surface area contributed by atoms with Gasteiger partial charge in [0.15, 0.2) is 0 Å². The summed E-state index contributed by atoms with van der Waals surface area (Å²) >= 11 is 0. The van der Waals surface area contributed by atoms with Gasteiger partial charge in [-0.25, -0.2) is 0 Å². The normalized spacial score (nSPS) is 20.0. The summed E-state index contributed by atoms with van der Waals surface area (Å²) in [5.74, 6) is 0. The smallest absolute Gasteiger partial charge is 0.0675 e. The molecule has 0 unspecified atom stereocenters. The lowest BCUT2D eigenvalue weighted by Crippen LogP contribution is -2.58. The fourth-order valence-electron chi connectivity index (χ4n) is 11.0. The quantitative estimate of drug-likeness (QED) is 0.176. The number of benzene rings is 3. The van der Waals surface area contributed by atoms with Gasteiger partial charge in [0, 0.05) is 0 Å². The van der Waals surface area contributed by atoms with E-state index in [4.69, 9.17) is 0 Å². The van der Waals surface area contributed by atoms with Crippen LogP contribution in [0, 0.1) is 0 Å². The second-order valence-corrected chi connectivity index (χ2v) is 34.9. The van der Waals surface area contributed by atoms with E-state index < -0.39 is 32.3 Å². The van der Waals surface area contributed by atoms with Gasteiger partial charge in [0.1, 0.15) is 0 Å². The molecular formula is C38H58Si4. The van der Waals surface area contributed by atoms with E-state index in [0.29, 0.717) is 0 Å². The molecule has 0 spiro atoms. The van der Waals surface area contributed by atoms with E-state index >= 15 is 0 Å². The van der Waals surface area contributed by atoms with Gasteiger partial charge < -0.3 is 0 Å². The highest BCUT2D eigenvalue weighted by Gasteiger charge is 2.63. The van der Waals surface area contributed by atoms with Crippen LogP contribution in [0.2, 0.25) is 58.7 Å². The van der Waals surface area contributed by atoms with Gasteiger partial charge in [-0.05, 0) is 34.3 Å². The third kappa shape index (κ3) is 4.44. The van der Waals surface area contributed by atoms with Crippen LogP contribution in [0.1, 0.15) is 66.5 Å². The SMILES string of the molecule is CC[Si]1(CC)c2cc3c(cc2[Si](CC)(CC)C1Cc1ccccc1)[Si](CC)(CC)C(Cc1ccccc1)[Si]3(CC)CC. The summed E-state index contributed by atoms with van der Waals surface area (Å²) in [4.78, 5) is 0. The Kier molecular flexibility index (Phi) is 9.50. The lowest BCUT2D eigenvalue weighted by molar-refractivity contribution is 0.954. The highest BCUT2D eigenvalue weighted by atomic mass is 28.4. The standard InChI is InChI=1S/C38H58Si4/c1-9-39(10-2)33-29-35-36(30-34(33)40(11-3,12-4)37(39)27-31-23-19-17-20-24-31)42(15-7,16-8)38(41(35,13-5)14-6)28-32-25-21-18-22-26-32/h17-26,29-30,37-38H,9-16,27-28H2,1-8H3. The Balaban J connectivity index is 1.80. The molecule has 0 atom stereocenters. The highest BCUT2D eigenvalue weighted by Crippen LogP contribution is 2.50. The summed E-state index contributed by atoms with van der Waals surface area (Å²) in [7, 11) is -6.74. The molecule has 42 heavy (non-hydrogen) atoms. The molecule has 0 nitrogen and oxygen atoms in total. The van der Waals surface area contributed by atoms with E-state index in [1.54, 1.807) is 11.1 Å². The maximum atomic E-state index is 3.04. The van der Waals surface area contributed by atoms with Crippen LogP contribution in [0.5, 0.6) is 0 Å². The van der Waals surface area contributed by atoms with Crippen LogP contribution in [0.15, 0.2) is 72.8 Å². The van der Waals surface area contributed by atoms with E-state index in [9.17, 15) is 0 Å². The maximum Gasteiger partial charge on any atom is 0.0871 e. The molecule has 3 aromatic carbocycles. The average molecular weight is 627 g/mol. The first-order valence-corrected chi connectivity index (χ1v) is 27.6. The second kappa shape index (κ2) is 12.5. The first-order chi connectivity index (χ1) is 20.4. The topological polar surface area (TPSA) is 0 Å². The zero-order valence-electron chi connectivity index (χ0n) is 28.2. The molecule has 0 saturated carbocycles. The molecule has 2 aliphatic rings. The van der Waals surface area contributed by atoms with Crippen molar-refractivity contribution in [2.75, 3.05) is 0 Å². The van der Waals surface area contributed by atoms with Gasteiger partial charge in [-0.3, -0.25) is 0 Å². The van der Waals surface area contributed by atoms with Crippen molar-refractivity contribution in [1.29, 1.82) is 0 Å². The van der Waals surface area contributed by atoms with Crippen molar-refractivity contribution in [3.05, 3.63) is 83.9 Å². The van der Waals surface area contributed by atoms with Gasteiger partial charge in [0.05, 0.1) is 32.3 Å². The monoisotopic (exact) mass is 626 g/mol. The van der Waals surface area contributed by atoms with Crippen LogP contribution in [-0.2, 0) is 12.8 Å². The van der Waals surface area contributed by atoms with Crippen LogP contribution in [0.25, 0.3) is 0 Å². The van der Waals surface area contributed by atoms with E-state index in [-0.39, 0.29) is 0 Å². The Morgan fingerprint density at radius 2 is 0.619 bits per heavy atom. The first kappa shape index (κ1) is 31.9. The molecule has 226 valence electrons. The van der Waals surface area contributed by atoms with Crippen LogP contribution in [0.3, 0.4) is 0 Å². The Morgan fingerprint density at radius 3 is 0.833 bits per heavy atom. The molecule has 0 aromatic heterocycles. The second-order valence-electron chi connectivity index (χ2n) is 13.9. The lowest BCUT2D eigenvalue weighted by atomic mass is 10.2. The summed E-state index contributed by atoms with van der Waals surface area (Å²) in [5, 5.41) is 9.81. The van der Waals surface area contributed by atoms with Gasteiger partial charge >= 0.3 is 0 Å². The Hall–Kier alpha value is -1.47. The molecule has 2 aliphatic heterocycles. The Bertz CT molecular complexity index is 1170. The maximum absolute atomic E-state index is 3.04. The minimum Gasteiger partial charge on any atom is -0.0675 e. The predicted octanol–water partition coefficient (Wildman–Crippen LogP) is 8.80. The molecular weight excluding hydrogens is 569 g/mol. The molecule has 3 aromatic rings. The predicted molar refractivity (Wildman–Crippen MR) is 200 cm³/mol. The third-order valence-electron chi connectivity index (χ3n) is 13.6. The molecule has 0 radical (unpaired) electrons. The largest absolute Gasteiger partial charge is 0.0871 e. The Labute approximate surface area is 262 Å². The van der Waals surface area contributed by atoms with E-state index in [1.165, 1.54) is 61.2 Å². The van der Waals surface area contributed by atoms with Crippen LogP contribution < -0.4 is 20.7 Å². The van der Waals surface area contributed by atoms with Crippen molar-refractivity contribution in [1.82, 2.24) is 0 Å². The van der Waals surface area contributed by atoms with Crippen molar-refractivity contribution in [3.8, 4) is 0 Å². The summed E-state index contributed by atoms with van der Waals surface area (Å²) in [6.45, 7) is 20.8. The summed E-state index contributed by atoms with van der Waals surface area (Å²) in [5.41, 5.74) is 3.19. The van der Waals surface area contributed by atoms with Gasteiger partial charge in [0.2, 0.25) is 0 Å². The van der Waals surface area contributed by atoms with Crippen molar-refractivity contribution in [2.24, 2.45) is 0 Å². The molecule has 5 rings (SSSR count). The number of hydrogen-bond donors (Lipinski definition) is 0. The fourth-order valence-corrected chi connectivity index (χ4v) is 46.7. The van der Waals surface area contributed by atoms with Gasteiger partial charge in [0.25, 0.3) is 0 Å². The molecule has 0 aliphatic carbocycles. The first-order valence-electron chi connectivity index (χ1n) is 17.6. The molecule has 0 bridgehead atoms. The van der Waals surface area contributed by atoms with Crippen molar-refractivity contribution in [2.45, 2.75) is 127 Å². The molecule has 4 heteroatoms. The summed E-state index contributed by atoms with van der Waals surface area (Å²) in [6.07, 6.45) is 2.65. The number of rotatable bonds is 12. The van der Waals surface area contributed by atoms with Crippen molar-refractivity contribution >= 4 is 53.0 Å². The summed E-state index contributed by atoms with van der Waals surface area (Å²) < 4.78 is 0. The van der Waals surface area contributed by atoms with Crippen molar-refractivity contribution < 1.29 is 0 Å². The minimum atomic E-state index is -1.68. The minimum absolute atomic E-state index is 0.939. The molecule has 0 amide bonds. The molecule has 0 N–H and O–H groups in total. The van der Waals surface area contributed by atoms with E-state index in [2.05, 4.69) is 128 Å². The van der Waals surface area contributed by atoms with Gasteiger partial charge in [-0.15, -0.1) is 0 Å². The van der Waals surface area contributed by atoms with E-state index in [0.717, 1.165) is 10.3 Å². The van der Waals surface area contributed by atoms with Crippen molar-refractivity contribution in [3.63, 3.8) is 0 Å². The van der Waals surface area contributed by atoms with Gasteiger partial charge in [-0.2, -0.15) is 0 Å². The third-order valence-corrected chi connectivity index (χ3v) is 42.9.